The van der Waals surface area contributed by atoms with Gasteiger partial charge in [0.05, 0.1) is 23.6 Å². The van der Waals surface area contributed by atoms with Crippen LogP contribution in [0.5, 0.6) is 0 Å². The molecule has 1 aliphatic rings. The summed E-state index contributed by atoms with van der Waals surface area (Å²) in [5.74, 6) is 1.31. The molecule has 2 aromatic heterocycles. The van der Waals surface area contributed by atoms with Crippen LogP contribution in [0.25, 0.3) is 34.0 Å². The maximum absolute atomic E-state index is 5.93. The Labute approximate surface area is 303 Å². The van der Waals surface area contributed by atoms with Crippen molar-refractivity contribution in [2.75, 3.05) is 11.5 Å². The lowest BCUT2D eigenvalue weighted by Gasteiger charge is -2.32. The Balaban J connectivity index is 0.000000167. The van der Waals surface area contributed by atoms with Crippen LogP contribution in [-0.4, -0.2) is 28.3 Å². The highest BCUT2D eigenvalue weighted by Gasteiger charge is 2.51. The second-order valence-corrected chi connectivity index (χ2v) is 13.7. The number of oxazole rings is 2. The van der Waals surface area contributed by atoms with Crippen molar-refractivity contribution in [2.45, 2.75) is 60.2 Å². The van der Waals surface area contributed by atoms with Crippen LogP contribution in [0.4, 0.5) is 11.4 Å². The van der Waals surface area contributed by atoms with Gasteiger partial charge < -0.3 is 29.6 Å². The van der Waals surface area contributed by atoms with E-state index in [1.807, 2.05) is 88.4 Å². The predicted octanol–water partition coefficient (Wildman–Crippen LogP) is 9.36. The van der Waals surface area contributed by atoms with Crippen molar-refractivity contribution in [1.82, 2.24) is 9.97 Å². The maximum atomic E-state index is 5.93. The summed E-state index contributed by atoms with van der Waals surface area (Å²) >= 11 is 2.31. The molecule has 10 heteroatoms. The minimum atomic E-state index is -0.300. The molecule has 254 valence electrons. The average molecular weight is 771 g/mol. The lowest BCUT2D eigenvalue weighted by atomic mass is 9.79. The number of rotatable bonds is 4. The second kappa shape index (κ2) is 15.9. The summed E-state index contributed by atoms with van der Waals surface area (Å²) in [5.41, 5.74) is 20.1. The number of halogens is 1. The molecule has 1 fully saturated rings. The molecule has 0 atom stereocenters. The third-order valence-corrected chi connectivity index (χ3v) is 9.61. The molecule has 1 aliphatic heterocycles. The van der Waals surface area contributed by atoms with Gasteiger partial charge in [-0.05, 0) is 140 Å². The van der Waals surface area contributed by atoms with E-state index in [0.29, 0.717) is 11.8 Å². The van der Waals surface area contributed by atoms with Crippen LogP contribution in [0, 0.1) is 17.4 Å². The number of nitrogens with two attached hydrogens (primary N) is 2. The number of aryl methyl sites for hydroxylation is 2. The average Bonchev–Trinajstić information content (AvgIpc) is 3.83. The van der Waals surface area contributed by atoms with Gasteiger partial charge in [-0.25, -0.2) is 9.97 Å². The molecule has 1 saturated heterocycles. The molecule has 3 heterocycles. The van der Waals surface area contributed by atoms with Gasteiger partial charge in [0.25, 0.3) is 0 Å². The summed E-state index contributed by atoms with van der Waals surface area (Å²) in [5, 5.41) is 0. The number of nitrogens with zero attached hydrogens (tertiary/aromatic N) is 2. The smallest absolute Gasteiger partial charge is 0.445 e. The molecule has 0 aliphatic carbocycles. The van der Waals surface area contributed by atoms with Crippen LogP contribution in [0.3, 0.4) is 0 Å². The van der Waals surface area contributed by atoms with Crippen LogP contribution in [0.1, 0.15) is 46.2 Å². The van der Waals surface area contributed by atoms with Crippen molar-refractivity contribution in [3.8, 4) is 34.0 Å². The van der Waals surface area contributed by atoms with E-state index in [1.54, 1.807) is 24.9 Å². The van der Waals surface area contributed by atoms with E-state index in [0.717, 1.165) is 39.1 Å². The SMILES string of the molecule is C.CC1(C)OB(c2ccc(N)cc2)OC1(C)C.Cc1ccc(-c2ncco2)cc1-c1ccc(N)cc1.Cc1ccc(-c2ncco2)cc1I. The van der Waals surface area contributed by atoms with E-state index in [1.165, 1.54) is 14.7 Å². The summed E-state index contributed by atoms with van der Waals surface area (Å²) < 4.78 is 23.6. The van der Waals surface area contributed by atoms with Gasteiger partial charge in [-0.1, -0.05) is 43.8 Å². The summed E-state index contributed by atoms with van der Waals surface area (Å²) in [6, 6.07) is 27.8. The van der Waals surface area contributed by atoms with E-state index >= 15 is 0 Å². The van der Waals surface area contributed by atoms with Crippen molar-refractivity contribution in [1.29, 1.82) is 0 Å². The number of hydrogen-bond donors (Lipinski definition) is 2. The van der Waals surface area contributed by atoms with E-state index in [-0.39, 0.29) is 25.7 Å². The Bertz CT molecular complexity index is 1910. The number of aromatic nitrogens is 2. The molecule has 7 rings (SSSR count). The normalized spacial score (nSPS) is 14.1. The number of nitrogen functional groups attached to an aromatic ring is 2. The Morgan fingerprint density at radius 3 is 1.53 bits per heavy atom. The van der Waals surface area contributed by atoms with E-state index in [9.17, 15) is 0 Å². The Kier molecular flexibility index (Phi) is 12.1. The van der Waals surface area contributed by atoms with Gasteiger partial charge in [-0.15, -0.1) is 0 Å². The zero-order valence-corrected chi connectivity index (χ0v) is 30.2. The zero-order valence-electron chi connectivity index (χ0n) is 28.0. The first kappa shape index (κ1) is 37.4. The first-order valence-electron chi connectivity index (χ1n) is 15.6. The Hall–Kier alpha value is -4.39. The fourth-order valence-electron chi connectivity index (χ4n) is 4.82. The molecule has 6 aromatic rings. The van der Waals surface area contributed by atoms with Crippen molar-refractivity contribution in [2.24, 2.45) is 0 Å². The van der Waals surface area contributed by atoms with Gasteiger partial charge in [-0.3, -0.25) is 0 Å². The van der Waals surface area contributed by atoms with E-state index in [4.69, 9.17) is 29.6 Å². The Morgan fingerprint density at radius 1 is 0.612 bits per heavy atom. The molecule has 0 bridgehead atoms. The molecule has 8 nitrogen and oxygen atoms in total. The van der Waals surface area contributed by atoms with Gasteiger partial charge >= 0.3 is 7.12 Å². The molecule has 0 spiro atoms. The van der Waals surface area contributed by atoms with Crippen molar-refractivity contribution in [3.05, 3.63) is 125 Å². The highest BCUT2D eigenvalue weighted by molar-refractivity contribution is 14.1. The fourth-order valence-corrected chi connectivity index (χ4v) is 5.33. The maximum Gasteiger partial charge on any atom is 0.494 e. The van der Waals surface area contributed by atoms with E-state index in [2.05, 4.69) is 70.7 Å². The lowest BCUT2D eigenvalue weighted by Crippen LogP contribution is -2.41. The zero-order chi connectivity index (χ0) is 34.5. The van der Waals surface area contributed by atoms with Gasteiger partial charge in [0.15, 0.2) is 0 Å². The summed E-state index contributed by atoms with van der Waals surface area (Å²) in [6.45, 7) is 12.4. The summed E-state index contributed by atoms with van der Waals surface area (Å²) in [7, 11) is -0.300. The summed E-state index contributed by atoms with van der Waals surface area (Å²) in [4.78, 5) is 8.27. The fraction of sp³-hybridized carbons (Fsp3) is 0.231. The van der Waals surface area contributed by atoms with Crippen molar-refractivity contribution < 1.29 is 18.1 Å². The minimum absolute atomic E-state index is 0. The molecule has 0 unspecified atom stereocenters. The number of benzene rings is 4. The highest BCUT2D eigenvalue weighted by Crippen LogP contribution is 2.36. The van der Waals surface area contributed by atoms with Gasteiger partial charge in [0, 0.05) is 26.1 Å². The van der Waals surface area contributed by atoms with Crippen LogP contribution in [-0.2, 0) is 9.31 Å². The molecule has 0 radical (unpaired) electrons. The minimum Gasteiger partial charge on any atom is -0.445 e. The van der Waals surface area contributed by atoms with Gasteiger partial charge in [-0.2, -0.15) is 0 Å². The molecule has 49 heavy (non-hydrogen) atoms. The predicted molar refractivity (Wildman–Crippen MR) is 209 cm³/mol. The van der Waals surface area contributed by atoms with Crippen LogP contribution >= 0.6 is 22.6 Å². The topological polar surface area (TPSA) is 123 Å². The quantitative estimate of drug-likeness (QED) is 0.103. The molecule has 4 N–H and O–H groups in total. The number of hydrogen-bond acceptors (Lipinski definition) is 8. The highest BCUT2D eigenvalue weighted by atomic mass is 127. The van der Waals surface area contributed by atoms with Gasteiger partial charge in [0.1, 0.15) is 12.5 Å². The molecule has 4 aromatic carbocycles. The summed E-state index contributed by atoms with van der Waals surface area (Å²) in [6.07, 6.45) is 6.47. The molecular formula is C39H44BIN4O4. The second-order valence-electron chi connectivity index (χ2n) is 12.5. The van der Waals surface area contributed by atoms with Crippen LogP contribution in [0.2, 0.25) is 0 Å². The van der Waals surface area contributed by atoms with Crippen LogP contribution in [0.15, 0.2) is 119 Å². The van der Waals surface area contributed by atoms with E-state index < -0.39 is 0 Å². The third kappa shape index (κ3) is 9.20. The largest absolute Gasteiger partial charge is 0.494 e. The lowest BCUT2D eigenvalue weighted by molar-refractivity contribution is 0.00578. The van der Waals surface area contributed by atoms with Gasteiger partial charge in [0.2, 0.25) is 11.8 Å². The standard InChI is InChI=1S/C16H14N2O.C12H18BNO2.C10H8INO.CH4/c1-11-2-3-13(16-18-8-9-19-16)10-15(11)12-4-6-14(17)7-5-12;1-11(2)12(3,4)16-13(15-11)9-5-7-10(14)8-6-9;1-7-2-3-8(6-9(7)11)10-12-4-5-13-10;/h2-10H,17H2,1H3;5-8H,14H2,1-4H3;2-6H,1H3;1H4. The molecular weight excluding hydrogens is 726 g/mol. The molecule has 0 saturated carbocycles. The monoisotopic (exact) mass is 770 g/mol. The number of anilines is 2. The van der Waals surface area contributed by atoms with Crippen LogP contribution < -0.4 is 16.9 Å². The first-order valence-corrected chi connectivity index (χ1v) is 16.6. The Morgan fingerprint density at radius 2 is 1.06 bits per heavy atom. The van der Waals surface area contributed by atoms with Crippen molar-refractivity contribution >= 4 is 46.5 Å². The third-order valence-electron chi connectivity index (χ3n) is 8.45. The molecule has 0 amide bonds. The first-order chi connectivity index (χ1) is 22.8. The van der Waals surface area contributed by atoms with Crippen molar-refractivity contribution in [3.63, 3.8) is 0 Å².